The molecule has 14 heteroatoms. The van der Waals surface area contributed by atoms with E-state index in [1.54, 1.807) is 18.7 Å². The van der Waals surface area contributed by atoms with Gasteiger partial charge in [-0.3, -0.25) is 14.4 Å². The normalized spacial score (nSPS) is 15.4. The maximum atomic E-state index is 13.3. The first-order valence-electron chi connectivity index (χ1n) is 11.8. The number of nitrogens with one attached hydrogen (secondary N) is 2. The first kappa shape index (κ1) is 26.8. The van der Waals surface area contributed by atoms with Crippen molar-refractivity contribution in [3.05, 3.63) is 52.8 Å². The third-order valence-electron chi connectivity index (χ3n) is 5.92. The van der Waals surface area contributed by atoms with E-state index in [0.29, 0.717) is 31.7 Å². The van der Waals surface area contributed by atoms with Gasteiger partial charge in [0, 0.05) is 25.9 Å². The molecule has 4 rings (SSSR count). The molecule has 1 aliphatic rings. The highest BCUT2D eigenvalue weighted by atomic mass is 19.4. The summed E-state index contributed by atoms with van der Waals surface area (Å²) in [5.74, 6) is -1.33. The van der Waals surface area contributed by atoms with E-state index in [4.69, 9.17) is 4.74 Å². The number of ether oxygens (including phenoxy) is 2. The van der Waals surface area contributed by atoms with Crippen molar-refractivity contribution >= 4 is 23.0 Å². The van der Waals surface area contributed by atoms with Crippen LogP contribution in [0, 0.1) is 5.92 Å². The molecule has 2 aromatic heterocycles. The Bertz CT molecular complexity index is 1350. The minimum Gasteiger partial charge on any atom is -0.490 e. The highest BCUT2D eigenvalue weighted by Gasteiger charge is 2.33. The molecule has 3 heterocycles. The van der Waals surface area contributed by atoms with E-state index >= 15 is 0 Å². The number of piperidine rings is 1. The molecule has 1 aliphatic heterocycles. The summed E-state index contributed by atoms with van der Waals surface area (Å²) in [4.78, 5) is 54.3. The van der Waals surface area contributed by atoms with Crippen LogP contribution in [0.4, 0.5) is 13.2 Å². The number of likely N-dealkylation sites (tertiary alicyclic amines) is 1. The highest BCUT2D eigenvalue weighted by Crippen LogP contribution is 2.26. The topological polar surface area (TPSA) is 139 Å². The summed E-state index contributed by atoms with van der Waals surface area (Å²) in [5, 5.41) is 2.63. The molecule has 2 amide bonds. The van der Waals surface area contributed by atoms with Gasteiger partial charge in [-0.25, -0.2) is 15.0 Å². The van der Waals surface area contributed by atoms with Crippen LogP contribution >= 0.6 is 0 Å². The smallest absolute Gasteiger partial charge is 0.490 e. The minimum atomic E-state index is -4.77. The molecule has 0 saturated carbocycles. The zero-order chi connectivity index (χ0) is 27.4. The third-order valence-corrected chi connectivity index (χ3v) is 5.92. The summed E-state index contributed by atoms with van der Waals surface area (Å²) in [5.41, 5.74) is -0.716. The van der Waals surface area contributed by atoms with Gasteiger partial charge in [0.2, 0.25) is 5.91 Å². The second kappa shape index (κ2) is 11.0. The molecule has 1 saturated heterocycles. The molecule has 0 radical (unpaired) electrons. The van der Waals surface area contributed by atoms with Crippen molar-refractivity contribution < 1.29 is 32.2 Å². The zero-order valence-electron chi connectivity index (χ0n) is 20.5. The Kier molecular flexibility index (Phi) is 7.78. The van der Waals surface area contributed by atoms with Gasteiger partial charge < -0.3 is 24.7 Å². The average molecular weight is 534 g/mol. The van der Waals surface area contributed by atoms with E-state index in [-0.39, 0.29) is 34.8 Å². The van der Waals surface area contributed by atoms with Gasteiger partial charge in [0.15, 0.2) is 11.3 Å². The average Bonchev–Trinajstić information content (AvgIpc) is 2.87. The van der Waals surface area contributed by atoms with Gasteiger partial charge in [0.1, 0.15) is 35.5 Å². The summed E-state index contributed by atoms with van der Waals surface area (Å²) in [7, 11) is 0. The van der Waals surface area contributed by atoms with E-state index in [1.165, 1.54) is 36.8 Å². The lowest BCUT2D eigenvalue weighted by molar-refractivity contribution is -0.274. The Labute approximate surface area is 214 Å². The summed E-state index contributed by atoms with van der Waals surface area (Å²) < 4.78 is 46.7. The summed E-state index contributed by atoms with van der Waals surface area (Å²) in [6.07, 6.45) is -1.45. The monoisotopic (exact) mass is 534 g/mol. The maximum Gasteiger partial charge on any atom is 0.573 e. The molecule has 202 valence electrons. The number of aromatic nitrogens is 4. The number of halogens is 3. The van der Waals surface area contributed by atoms with Crippen molar-refractivity contribution in [2.24, 2.45) is 5.92 Å². The Morgan fingerprint density at radius 3 is 2.42 bits per heavy atom. The number of hydrogen-bond acceptors (Lipinski definition) is 8. The molecular weight excluding hydrogens is 509 g/mol. The molecule has 0 unspecified atom stereocenters. The number of amides is 2. The van der Waals surface area contributed by atoms with E-state index < -0.39 is 29.6 Å². The number of carbonyl (C=O) groups is 2. The number of rotatable bonds is 7. The fourth-order valence-electron chi connectivity index (χ4n) is 4.02. The fourth-order valence-corrected chi connectivity index (χ4v) is 4.02. The third kappa shape index (κ3) is 6.55. The van der Waals surface area contributed by atoms with Crippen LogP contribution in [0.3, 0.4) is 0 Å². The molecule has 0 bridgehead atoms. The molecule has 0 aliphatic carbocycles. The lowest BCUT2D eigenvalue weighted by atomic mass is 10.00. The molecule has 1 atom stereocenters. The van der Waals surface area contributed by atoms with E-state index in [9.17, 15) is 27.6 Å². The van der Waals surface area contributed by atoms with Crippen molar-refractivity contribution in [3.8, 4) is 11.5 Å². The Morgan fingerprint density at radius 1 is 1.13 bits per heavy atom. The van der Waals surface area contributed by atoms with Gasteiger partial charge in [-0.15, -0.1) is 13.2 Å². The standard InChI is InChI=1S/C24H25F3N6O5/c1-13(2)18(31-21(34)19-22(35)32-20-17(30-19)11-28-12-29-20)23(36)33-9-7-15(8-10-33)37-14-3-5-16(6-4-14)38-24(25,26)27/h3-6,11-13,15,18H,7-10H2,1-2H3,(H,31,34)(H,28,29,32,35)/t18-/m0/s1. The van der Waals surface area contributed by atoms with Crippen LogP contribution in [0.1, 0.15) is 37.2 Å². The molecule has 1 fully saturated rings. The van der Waals surface area contributed by atoms with E-state index in [1.807, 2.05) is 0 Å². The summed E-state index contributed by atoms with van der Waals surface area (Å²) in [6, 6.07) is 4.21. The lowest BCUT2D eigenvalue weighted by Crippen LogP contribution is -2.54. The fraction of sp³-hybridized carbons (Fsp3) is 0.417. The SMILES string of the molecule is CC(C)[C@H](NC(=O)c1nc2cncnc2[nH]c1=O)C(=O)N1CCC(Oc2ccc(OC(F)(F)F)cc2)CC1. The first-order valence-corrected chi connectivity index (χ1v) is 11.8. The number of H-pyrrole nitrogens is 1. The number of nitrogens with zero attached hydrogens (tertiary/aromatic N) is 4. The second-order valence-electron chi connectivity index (χ2n) is 9.03. The number of alkyl halides is 3. The quantitative estimate of drug-likeness (QED) is 0.471. The zero-order valence-corrected chi connectivity index (χ0v) is 20.5. The van der Waals surface area contributed by atoms with Crippen LogP contribution in [0.15, 0.2) is 41.6 Å². The summed E-state index contributed by atoms with van der Waals surface area (Å²) >= 11 is 0. The van der Waals surface area contributed by atoms with Gasteiger partial charge in [-0.2, -0.15) is 0 Å². The number of benzene rings is 1. The van der Waals surface area contributed by atoms with Crippen LogP contribution in [-0.4, -0.2) is 68.2 Å². The lowest BCUT2D eigenvalue weighted by Gasteiger charge is -2.35. The molecule has 3 aromatic rings. The first-order chi connectivity index (χ1) is 18.0. The second-order valence-corrected chi connectivity index (χ2v) is 9.03. The molecule has 1 aromatic carbocycles. The van der Waals surface area contributed by atoms with Gasteiger partial charge in [0.05, 0.1) is 6.20 Å². The number of aromatic amines is 1. The molecule has 38 heavy (non-hydrogen) atoms. The van der Waals surface area contributed by atoms with Crippen LogP contribution in [0.2, 0.25) is 0 Å². The van der Waals surface area contributed by atoms with Crippen molar-refractivity contribution in [3.63, 3.8) is 0 Å². The van der Waals surface area contributed by atoms with E-state index in [0.717, 1.165) is 0 Å². The van der Waals surface area contributed by atoms with Gasteiger partial charge in [-0.1, -0.05) is 13.8 Å². The Hall–Kier alpha value is -4.23. The van der Waals surface area contributed by atoms with Gasteiger partial charge in [-0.05, 0) is 30.2 Å². The molecule has 11 nitrogen and oxygen atoms in total. The maximum absolute atomic E-state index is 13.3. The molecule has 0 spiro atoms. The van der Waals surface area contributed by atoms with E-state index in [2.05, 4.69) is 30.0 Å². The van der Waals surface area contributed by atoms with Crippen LogP contribution in [0.25, 0.3) is 11.2 Å². The number of hydrogen-bond donors (Lipinski definition) is 2. The predicted octanol–water partition coefficient (Wildman–Crippen LogP) is 2.44. The largest absolute Gasteiger partial charge is 0.573 e. The number of fused-ring (bicyclic) bond motifs is 1. The number of carbonyl (C=O) groups excluding carboxylic acids is 2. The van der Waals surface area contributed by atoms with Crippen molar-refractivity contribution in [1.29, 1.82) is 0 Å². The van der Waals surface area contributed by atoms with Crippen molar-refractivity contribution in [2.45, 2.75) is 45.2 Å². The van der Waals surface area contributed by atoms with Crippen molar-refractivity contribution in [1.82, 2.24) is 30.2 Å². The molecule has 2 N–H and O–H groups in total. The van der Waals surface area contributed by atoms with Gasteiger partial charge >= 0.3 is 6.36 Å². The molecular formula is C24H25F3N6O5. The van der Waals surface area contributed by atoms with Crippen molar-refractivity contribution in [2.75, 3.05) is 13.1 Å². The van der Waals surface area contributed by atoms with Crippen LogP contribution < -0.4 is 20.3 Å². The summed E-state index contributed by atoms with van der Waals surface area (Å²) in [6.45, 7) is 4.25. The minimum absolute atomic E-state index is 0.189. The Balaban J connectivity index is 1.35. The van der Waals surface area contributed by atoms with Crippen LogP contribution in [-0.2, 0) is 4.79 Å². The Morgan fingerprint density at radius 2 is 1.79 bits per heavy atom. The van der Waals surface area contributed by atoms with Gasteiger partial charge in [0.25, 0.3) is 11.5 Å². The van der Waals surface area contributed by atoms with Crippen LogP contribution in [0.5, 0.6) is 11.5 Å². The highest BCUT2D eigenvalue weighted by molar-refractivity contribution is 5.96. The predicted molar refractivity (Wildman–Crippen MR) is 127 cm³/mol.